The molecular formula is C19H12F3NO3S2. The zero-order valence-electron chi connectivity index (χ0n) is 14.3. The Morgan fingerprint density at radius 3 is 2.39 bits per heavy atom. The van der Waals surface area contributed by atoms with E-state index in [2.05, 4.69) is 4.74 Å². The van der Waals surface area contributed by atoms with Crippen molar-refractivity contribution in [1.82, 2.24) is 0 Å². The van der Waals surface area contributed by atoms with Crippen LogP contribution in [0.3, 0.4) is 0 Å². The van der Waals surface area contributed by atoms with Crippen LogP contribution in [-0.2, 0) is 15.7 Å². The number of para-hydroxylation sites is 1. The lowest BCUT2D eigenvalue weighted by Crippen LogP contribution is -2.29. The van der Waals surface area contributed by atoms with E-state index in [-0.39, 0.29) is 14.9 Å². The highest BCUT2D eigenvalue weighted by Gasteiger charge is 2.40. The summed E-state index contributed by atoms with van der Waals surface area (Å²) in [6.07, 6.45) is -3.11. The van der Waals surface area contributed by atoms with Gasteiger partial charge in [-0.15, -0.1) is 0 Å². The number of carbonyl (C=O) groups excluding carboxylic acids is 2. The molecule has 1 amide bonds. The molecule has 0 unspecified atom stereocenters. The number of hydrogen-bond donors (Lipinski definition) is 0. The molecule has 0 atom stereocenters. The summed E-state index contributed by atoms with van der Waals surface area (Å²) >= 11 is 6.06. The summed E-state index contributed by atoms with van der Waals surface area (Å²) in [4.78, 5) is 25.3. The van der Waals surface area contributed by atoms with Crippen molar-refractivity contribution in [2.75, 3.05) is 12.0 Å². The molecule has 0 bridgehead atoms. The van der Waals surface area contributed by atoms with Crippen molar-refractivity contribution >= 4 is 51.9 Å². The Kier molecular flexibility index (Phi) is 5.57. The number of thiocarbonyl (C=S) groups is 1. The summed E-state index contributed by atoms with van der Waals surface area (Å²) in [5.74, 6) is -1.13. The first-order valence-corrected chi connectivity index (χ1v) is 9.07. The molecule has 9 heteroatoms. The molecule has 1 aliphatic heterocycles. The van der Waals surface area contributed by atoms with E-state index in [1.807, 2.05) is 0 Å². The lowest BCUT2D eigenvalue weighted by Gasteiger charge is -2.20. The molecule has 0 spiro atoms. The number of anilines is 1. The first-order chi connectivity index (χ1) is 13.2. The standard InChI is InChI=1S/C19H12F3NO3S2/c1-26-17(25)12-8-6-11(7-9-12)10-15-16(24)23(18(27)28-15)14-5-3-2-4-13(14)19(20,21)22/h2-10H,1H3/b15-10-. The van der Waals surface area contributed by atoms with Crippen LogP contribution >= 0.6 is 24.0 Å². The van der Waals surface area contributed by atoms with Crippen molar-refractivity contribution < 1.29 is 27.5 Å². The quantitative estimate of drug-likeness (QED) is 0.399. The van der Waals surface area contributed by atoms with Crippen LogP contribution in [0.25, 0.3) is 6.08 Å². The summed E-state index contributed by atoms with van der Waals surface area (Å²) in [5, 5.41) is 0. The van der Waals surface area contributed by atoms with Crippen LogP contribution < -0.4 is 4.90 Å². The normalized spacial score (nSPS) is 16.0. The fourth-order valence-corrected chi connectivity index (χ4v) is 3.85. The third kappa shape index (κ3) is 3.95. The number of nitrogens with zero attached hydrogens (tertiary/aromatic N) is 1. The van der Waals surface area contributed by atoms with E-state index in [9.17, 15) is 22.8 Å². The number of esters is 1. The Hall–Kier alpha value is -2.65. The van der Waals surface area contributed by atoms with Gasteiger partial charge in [-0.05, 0) is 35.9 Å². The number of alkyl halides is 3. The van der Waals surface area contributed by atoms with Gasteiger partial charge in [0.15, 0.2) is 4.32 Å². The minimum Gasteiger partial charge on any atom is -0.465 e. The highest BCUT2D eigenvalue weighted by Crippen LogP contribution is 2.42. The molecule has 2 aromatic rings. The summed E-state index contributed by atoms with van der Waals surface area (Å²) < 4.78 is 44.5. The number of methoxy groups -OCH3 is 1. The Morgan fingerprint density at radius 2 is 1.79 bits per heavy atom. The number of thioether (sulfide) groups is 1. The molecule has 1 aliphatic rings. The van der Waals surface area contributed by atoms with Gasteiger partial charge in [0.1, 0.15) is 0 Å². The SMILES string of the molecule is COC(=O)c1ccc(/C=C2\SC(=S)N(c3ccccc3C(F)(F)F)C2=O)cc1. The van der Waals surface area contributed by atoms with Gasteiger partial charge in [-0.3, -0.25) is 9.69 Å². The van der Waals surface area contributed by atoms with Crippen molar-refractivity contribution in [3.63, 3.8) is 0 Å². The molecule has 4 nitrogen and oxygen atoms in total. The minimum absolute atomic E-state index is 0.0131. The third-order valence-corrected chi connectivity index (χ3v) is 5.18. The van der Waals surface area contributed by atoms with Crippen molar-refractivity contribution in [2.45, 2.75) is 6.18 Å². The molecule has 0 aromatic heterocycles. The van der Waals surface area contributed by atoms with Gasteiger partial charge in [-0.1, -0.05) is 48.2 Å². The van der Waals surface area contributed by atoms with Gasteiger partial charge in [0.2, 0.25) is 0 Å². The van der Waals surface area contributed by atoms with Gasteiger partial charge >= 0.3 is 12.1 Å². The Bertz CT molecular complexity index is 985. The van der Waals surface area contributed by atoms with Crippen molar-refractivity contribution in [3.05, 3.63) is 70.1 Å². The number of hydrogen-bond acceptors (Lipinski definition) is 5. The second-order valence-corrected chi connectivity index (χ2v) is 7.32. The van der Waals surface area contributed by atoms with Crippen molar-refractivity contribution in [3.8, 4) is 0 Å². The van der Waals surface area contributed by atoms with E-state index in [0.717, 1.165) is 22.7 Å². The predicted octanol–water partition coefficient (Wildman–Crippen LogP) is 4.90. The van der Waals surface area contributed by atoms with Gasteiger partial charge in [0.25, 0.3) is 5.91 Å². The first-order valence-electron chi connectivity index (χ1n) is 7.85. The third-order valence-electron chi connectivity index (χ3n) is 3.87. The molecule has 1 saturated heterocycles. The Labute approximate surface area is 168 Å². The van der Waals surface area contributed by atoms with E-state index in [0.29, 0.717) is 11.1 Å². The number of benzene rings is 2. The maximum Gasteiger partial charge on any atom is 0.418 e. The van der Waals surface area contributed by atoms with Gasteiger partial charge in [-0.2, -0.15) is 13.2 Å². The Balaban J connectivity index is 1.93. The van der Waals surface area contributed by atoms with Gasteiger partial charge < -0.3 is 4.74 Å². The van der Waals surface area contributed by atoms with Crippen LogP contribution in [0.2, 0.25) is 0 Å². The predicted molar refractivity (Wildman–Crippen MR) is 105 cm³/mol. The molecule has 28 heavy (non-hydrogen) atoms. The smallest absolute Gasteiger partial charge is 0.418 e. The van der Waals surface area contributed by atoms with E-state index >= 15 is 0 Å². The molecular weight excluding hydrogens is 411 g/mol. The van der Waals surface area contributed by atoms with Crippen LogP contribution in [0.15, 0.2) is 53.4 Å². The molecule has 1 heterocycles. The summed E-state index contributed by atoms with van der Waals surface area (Å²) in [6, 6.07) is 11.0. The lowest BCUT2D eigenvalue weighted by molar-refractivity contribution is -0.137. The molecule has 0 aliphatic carbocycles. The van der Waals surface area contributed by atoms with Crippen molar-refractivity contribution in [1.29, 1.82) is 0 Å². The van der Waals surface area contributed by atoms with Crippen LogP contribution in [0.1, 0.15) is 21.5 Å². The number of amides is 1. The summed E-state index contributed by atoms with van der Waals surface area (Å²) in [7, 11) is 1.26. The average molecular weight is 423 g/mol. The first kappa shape index (κ1) is 20.1. The number of carbonyl (C=O) groups is 2. The van der Waals surface area contributed by atoms with E-state index < -0.39 is 23.6 Å². The second kappa shape index (κ2) is 7.76. The average Bonchev–Trinajstić information content (AvgIpc) is 2.94. The van der Waals surface area contributed by atoms with Gasteiger partial charge in [0.05, 0.1) is 28.8 Å². The largest absolute Gasteiger partial charge is 0.465 e. The number of ether oxygens (including phenoxy) is 1. The molecule has 0 N–H and O–H groups in total. The second-order valence-electron chi connectivity index (χ2n) is 5.65. The summed E-state index contributed by atoms with van der Waals surface area (Å²) in [6.45, 7) is 0. The van der Waals surface area contributed by atoms with Crippen LogP contribution in [0, 0.1) is 0 Å². The monoisotopic (exact) mass is 423 g/mol. The van der Waals surface area contributed by atoms with Crippen LogP contribution in [-0.4, -0.2) is 23.3 Å². The molecule has 144 valence electrons. The molecule has 2 aromatic carbocycles. The molecule has 0 saturated carbocycles. The van der Waals surface area contributed by atoms with Crippen molar-refractivity contribution in [2.24, 2.45) is 0 Å². The molecule has 1 fully saturated rings. The van der Waals surface area contributed by atoms with Gasteiger partial charge in [0, 0.05) is 0 Å². The number of halogens is 3. The topological polar surface area (TPSA) is 46.6 Å². The highest BCUT2D eigenvalue weighted by atomic mass is 32.2. The summed E-state index contributed by atoms with van der Waals surface area (Å²) in [5.41, 5.74) is -0.305. The van der Waals surface area contributed by atoms with E-state index in [1.165, 1.54) is 43.5 Å². The minimum atomic E-state index is -4.62. The molecule has 3 rings (SSSR count). The number of rotatable bonds is 3. The Morgan fingerprint density at radius 1 is 1.14 bits per heavy atom. The zero-order valence-corrected chi connectivity index (χ0v) is 16.0. The van der Waals surface area contributed by atoms with E-state index in [1.54, 1.807) is 12.1 Å². The fourth-order valence-electron chi connectivity index (χ4n) is 2.57. The molecule has 0 radical (unpaired) electrons. The zero-order chi connectivity index (χ0) is 20.5. The maximum absolute atomic E-state index is 13.3. The highest BCUT2D eigenvalue weighted by molar-refractivity contribution is 8.27. The van der Waals surface area contributed by atoms with Crippen LogP contribution in [0.4, 0.5) is 18.9 Å². The van der Waals surface area contributed by atoms with Crippen LogP contribution in [0.5, 0.6) is 0 Å². The lowest BCUT2D eigenvalue weighted by atomic mass is 10.1. The fraction of sp³-hybridized carbons (Fsp3) is 0.105. The van der Waals surface area contributed by atoms with Gasteiger partial charge in [-0.25, -0.2) is 4.79 Å². The maximum atomic E-state index is 13.3. The van der Waals surface area contributed by atoms with E-state index in [4.69, 9.17) is 12.2 Å².